The Kier molecular flexibility index (Phi) is 3.31. The molecule has 2 unspecified atom stereocenters. The molecule has 0 amide bonds. The number of hydrogen-bond acceptors (Lipinski definition) is 5. The van der Waals surface area contributed by atoms with E-state index < -0.39 is 23.8 Å². The molecular weight excluding hydrogens is 218 g/mol. The first-order valence-electron chi connectivity index (χ1n) is 4.37. The molecule has 0 aromatic heterocycles. The van der Waals surface area contributed by atoms with E-state index in [1.165, 1.54) is 18.4 Å². The monoisotopic (exact) mass is 229 g/mol. The average Bonchev–Trinajstić information content (AvgIpc) is 2.27. The van der Waals surface area contributed by atoms with Crippen LogP contribution in [-0.2, 0) is 9.59 Å². The zero-order valence-corrected chi connectivity index (χ0v) is 8.15. The summed E-state index contributed by atoms with van der Waals surface area (Å²) in [5.41, 5.74) is -2.88. The van der Waals surface area contributed by atoms with Gasteiger partial charge in [-0.05, 0) is 6.08 Å². The van der Waals surface area contributed by atoms with Gasteiger partial charge >= 0.3 is 11.9 Å². The number of hydrogen-bond donors (Lipinski definition) is 4. The van der Waals surface area contributed by atoms with Crippen molar-refractivity contribution in [2.75, 3.05) is 6.54 Å². The molecule has 4 N–H and O–H groups in total. The predicted molar refractivity (Wildman–Crippen MR) is 51.2 cm³/mol. The Morgan fingerprint density at radius 3 is 2.31 bits per heavy atom. The fourth-order valence-electron chi connectivity index (χ4n) is 1.29. The van der Waals surface area contributed by atoms with Crippen molar-refractivity contribution in [1.29, 1.82) is 0 Å². The third-order valence-corrected chi connectivity index (χ3v) is 2.18. The lowest BCUT2D eigenvalue weighted by atomic mass is 10.0. The lowest BCUT2D eigenvalue weighted by molar-refractivity contribution is -0.207. The number of carboxylic acid groups (broad SMARTS) is 2. The summed E-state index contributed by atoms with van der Waals surface area (Å²) in [5.74, 6) is -3.64. The maximum Gasteiger partial charge on any atom is 0.360 e. The topological polar surface area (TPSA) is 118 Å². The Bertz CT molecular complexity index is 363. The normalized spacial score (nSPS) is 20.2. The summed E-state index contributed by atoms with van der Waals surface area (Å²) in [4.78, 5) is 22.3. The first kappa shape index (κ1) is 12.2. The minimum absolute atomic E-state index is 0.0103. The number of aliphatic hydroxyl groups is 2. The number of allylic oxidation sites excluding steroid dienone is 2. The van der Waals surface area contributed by atoms with Crippen LogP contribution in [0.15, 0.2) is 24.4 Å². The maximum absolute atomic E-state index is 10.9. The summed E-state index contributed by atoms with van der Waals surface area (Å²) >= 11 is 0. The molecule has 0 saturated heterocycles. The second kappa shape index (κ2) is 4.33. The van der Waals surface area contributed by atoms with Crippen molar-refractivity contribution < 1.29 is 30.0 Å². The summed E-state index contributed by atoms with van der Waals surface area (Å²) < 4.78 is 0. The minimum Gasteiger partial charge on any atom is -0.479 e. The van der Waals surface area contributed by atoms with Crippen LogP contribution in [-0.4, -0.2) is 55.6 Å². The lowest BCUT2D eigenvalue weighted by Crippen LogP contribution is -2.63. The fraction of sp³-hybridized carbons (Fsp3) is 0.333. The van der Waals surface area contributed by atoms with Crippen molar-refractivity contribution in [3.63, 3.8) is 0 Å². The minimum atomic E-state index is -2.88. The third kappa shape index (κ3) is 1.90. The van der Waals surface area contributed by atoms with E-state index in [0.717, 1.165) is 4.90 Å². The van der Waals surface area contributed by atoms with Gasteiger partial charge in [-0.25, -0.2) is 9.59 Å². The van der Waals surface area contributed by atoms with Gasteiger partial charge in [-0.3, -0.25) is 0 Å². The quantitative estimate of drug-likeness (QED) is 0.467. The highest BCUT2D eigenvalue weighted by atomic mass is 16.5. The van der Waals surface area contributed by atoms with Gasteiger partial charge in [-0.1, -0.05) is 12.2 Å². The van der Waals surface area contributed by atoms with Crippen LogP contribution in [0.25, 0.3) is 0 Å². The van der Waals surface area contributed by atoms with Gasteiger partial charge in [0, 0.05) is 12.7 Å². The Labute approximate surface area is 90.5 Å². The molecule has 1 aliphatic heterocycles. The van der Waals surface area contributed by atoms with Crippen LogP contribution in [0.5, 0.6) is 0 Å². The van der Waals surface area contributed by atoms with Gasteiger partial charge in [-0.2, -0.15) is 0 Å². The van der Waals surface area contributed by atoms with Crippen molar-refractivity contribution >= 4 is 11.9 Å². The molecule has 0 fully saturated rings. The van der Waals surface area contributed by atoms with Crippen molar-refractivity contribution in [2.24, 2.45) is 0 Å². The lowest BCUT2D eigenvalue weighted by Gasteiger charge is -2.37. The molecule has 1 rings (SSSR count). The molecule has 0 spiro atoms. The third-order valence-electron chi connectivity index (χ3n) is 2.18. The molecule has 7 heteroatoms. The number of aliphatic carboxylic acids is 2. The summed E-state index contributed by atoms with van der Waals surface area (Å²) in [6.45, 7) is -0.0103. The van der Waals surface area contributed by atoms with E-state index in [0.29, 0.717) is 0 Å². The Morgan fingerprint density at radius 1 is 1.31 bits per heavy atom. The van der Waals surface area contributed by atoms with Gasteiger partial charge in [-0.15, -0.1) is 0 Å². The molecule has 2 atom stereocenters. The highest BCUT2D eigenvalue weighted by Crippen LogP contribution is 2.20. The molecule has 7 nitrogen and oxygen atoms in total. The zero-order chi connectivity index (χ0) is 12.3. The predicted octanol–water partition coefficient (Wildman–Crippen LogP) is -1.41. The van der Waals surface area contributed by atoms with E-state index in [4.69, 9.17) is 10.2 Å². The molecule has 0 saturated carbocycles. The number of carboxylic acids is 2. The number of carbonyl (C=O) groups is 2. The van der Waals surface area contributed by atoms with Crippen LogP contribution in [0.1, 0.15) is 0 Å². The Hall–Kier alpha value is -1.86. The molecule has 88 valence electrons. The van der Waals surface area contributed by atoms with E-state index in [-0.39, 0.29) is 6.54 Å². The SMILES string of the molecule is O=C(O)C(O)C(O)(C(=O)O)N1C=CC=CC1. The molecule has 0 aromatic carbocycles. The van der Waals surface area contributed by atoms with E-state index in [1.54, 1.807) is 6.08 Å². The van der Waals surface area contributed by atoms with Crippen LogP contribution < -0.4 is 0 Å². The molecule has 0 bridgehead atoms. The van der Waals surface area contributed by atoms with E-state index in [2.05, 4.69) is 0 Å². The molecular formula is C9H11NO6. The number of aliphatic hydroxyl groups excluding tert-OH is 1. The maximum atomic E-state index is 10.9. The van der Waals surface area contributed by atoms with Gasteiger partial charge in [0.1, 0.15) is 0 Å². The van der Waals surface area contributed by atoms with Gasteiger partial charge < -0.3 is 25.3 Å². The van der Waals surface area contributed by atoms with Crippen LogP contribution >= 0.6 is 0 Å². The molecule has 0 aromatic rings. The highest BCUT2D eigenvalue weighted by Gasteiger charge is 2.51. The fourth-order valence-corrected chi connectivity index (χ4v) is 1.29. The van der Waals surface area contributed by atoms with Crippen LogP contribution in [0.2, 0.25) is 0 Å². The molecule has 16 heavy (non-hydrogen) atoms. The van der Waals surface area contributed by atoms with Gasteiger partial charge in [0.2, 0.25) is 6.10 Å². The first-order valence-corrected chi connectivity index (χ1v) is 4.37. The van der Waals surface area contributed by atoms with Gasteiger partial charge in [0.05, 0.1) is 0 Å². The summed E-state index contributed by atoms with van der Waals surface area (Å²) in [6.07, 6.45) is 3.29. The summed E-state index contributed by atoms with van der Waals surface area (Å²) in [5, 5.41) is 36.4. The largest absolute Gasteiger partial charge is 0.479 e. The second-order valence-corrected chi connectivity index (χ2v) is 3.19. The Morgan fingerprint density at radius 2 is 1.94 bits per heavy atom. The summed E-state index contributed by atoms with van der Waals surface area (Å²) in [7, 11) is 0. The van der Waals surface area contributed by atoms with Crippen molar-refractivity contribution in [3.8, 4) is 0 Å². The van der Waals surface area contributed by atoms with Crippen molar-refractivity contribution in [2.45, 2.75) is 11.8 Å². The van der Waals surface area contributed by atoms with Crippen LogP contribution in [0.3, 0.4) is 0 Å². The molecule has 0 aliphatic carbocycles. The second-order valence-electron chi connectivity index (χ2n) is 3.19. The van der Waals surface area contributed by atoms with Gasteiger partial charge in [0.15, 0.2) is 0 Å². The smallest absolute Gasteiger partial charge is 0.360 e. The van der Waals surface area contributed by atoms with Crippen molar-refractivity contribution in [1.82, 2.24) is 4.90 Å². The number of rotatable bonds is 4. The standard InChI is InChI=1S/C9H11NO6/c11-6(7(12)13)9(16,8(14)15)10-4-2-1-3-5-10/h1-4,6,11,16H,5H2,(H,12,13)(H,14,15). The molecule has 0 radical (unpaired) electrons. The van der Waals surface area contributed by atoms with E-state index in [9.17, 15) is 19.8 Å². The summed E-state index contributed by atoms with van der Waals surface area (Å²) in [6, 6.07) is 0. The van der Waals surface area contributed by atoms with Crippen LogP contribution in [0.4, 0.5) is 0 Å². The van der Waals surface area contributed by atoms with Gasteiger partial charge in [0.25, 0.3) is 5.72 Å². The highest BCUT2D eigenvalue weighted by molar-refractivity contribution is 5.86. The van der Waals surface area contributed by atoms with E-state index in [1.807, 2.05) is 0 Å². The average molecular weight is 229 g/mol. The zero-order valence-electron chi connectivity index (χ0n) is 8.15. The van der Waals surface area contributed by atoms with Crippen molar-refractivity contribution in [3.05, 3.63) is 24.4 Å². The van der Waals surface area contributed by atoms with E-state index >= 15 is 0 Å². The molecule has 1 aliphatic rings. The first-order chi connectivity index (χ1) is 7.40. The number of nitrogens with zero attached hydrogens (tertiary/aromatic N) is 1. The molecule has 1 heterocycles. The Balaban J connectivity index is 3.05. The van der Waals surface area contributed by atoms with Crippen LogP contribution in [0, 0.1) is 0 Å².